The minimum absolute atomic E-state index is 0.0205. The van der Waals surface area contributed by atoms with E-state index in [0.717, 1.165) is 12.0 Å². The lowest BCUT2D eigenvalue weighted by molar-refractivity contribution is 0.164. The third-order valence-corrected chi connectivity index (χ3v) is 2.68. The molecule has 1 rings (SSSR count). The molecular formula is C12H20N4O2. The van der Waals surface area contributed by atoms with Crippen LogP contribution in [0, 0.1) is 0 Å². The quantitative estimate of drug-likeness (QED) is 0.287. The molecule has 0 aliphatic rings. The molecule has 1 heterocycles. The Morgan fingerprint density at radius 3 is 3.06 bits per heavy atom. The number of rotatable bonds is 7. The van der Waals surface area contributed by atoms with Crippen molar-refractivity contribution >= 4 is 5.84 Å². The Kier molecular flexibility index (Phi) is 6.10. The first-order valence-corrected chi connectivity index (χ1v) is 5.87. The van der Waals surface area contributed by atoms with Crippen LogP contribution in [0.5, 0.6) is 0 Å². The van der Waals surface area contributed by atoms with Crippen LogP contribution >= 0.6 is 0 Å². The molecule has 1 aromatic rings. The minimum Gasteiger partial charge on any atom is -0.409 e. The molecule has 0 saturated carbocycles. The van der Waals surface area contributed by atoms with Gasteiger partial charge in [-0.05, 0) is 18.1 Å². The zero-order valence-electron chi connectivity index (χ0n) is 10.8. The number of nitrogens with one attached hydrogen (secondary N) is 1. The molecule has 0 aromatic carbocycles. The van der Waals surface area contributed by atoms with Crippen molar-refractivity contribution in [2.45, 2.75) is 25.9 Å². The largest absolute Gasteiger partial charge is 0.409 e. The summed E-state index contributed by atoms with van der Waals surface area (Å²) in [4.78, 5) is 4.11. The molecule has 0 aliphatic heterocycles. The van der Waals surface area contributed by atoms with Gasteiger partial charge >= 0.3 is 0 Å². The maximum atomic E-state index is 8.70. The van der Waals surface area contributed by atoms with Gasteiger partial charge in [0.1, 0.15) is 5.69 Å². The summed E-state index contributed by atoms with van der Waals surface area (Å²) in [6, 6.07) is 3.99. The Bertz CT molecular complexity index is 395. The van der Waals surface area contributed by atoms with E-state index < -0.39 is 0 Å². The molecule has 0 amide bonds. The van der Waals surface area contributed by atoms with Gasteiger partial charge < -0.3 is 21.0 Å². The van der Waals surface area contributed by atoms with Gasteiger partial charge in [0.15, 0.2) is 5.84 Å². The van der Waals surface area contributed by atoms with Gasteiger partial charge in [-0.15, -0.1) is 0 Å². The zero-order chi connectivity index (χ0) is 13.4. The second kappa shape index (κ2) is 7.62. The number of nitrogens with two attached hydrogens (primary N) is 1. The van der Waals surface area contributed by atoms with Crippen LogP contribution in [0.25, 0.3) is 0 Å². The predicted molar refractivity (Wildman–Crippen MR) is 69.5 cm³/mol. The van der Waals surface area contributed by atoms with Gasteiger partial charge in [0, 0.05) is 25.9 Å². The Hall–Kier alpha value is -1.66. The van der Waals surface area contributed by atoms with Crippen LogP contribution < -0.4 is 11.1 Å². The molecule has 1 atom stereocenters. The number of aromatic nitrogens is 1. The number of hydrogen-bond acceptors (Lipinski definition) is 5. The van der Waals surface area contributed by atoms with Crippen LogP contribution in [0.4, 0.5) is 0 Å². The van der Waals surface area contributed by atoms with Crippen molar-refractivity contribution in [3.05, 3.63) is 29.6 Å². The number of pyridine rings is 1. The zero-order valence-corrected chi connectivity index (χ0v) is 10.8. The third kappa shape index (κ3) is 3.97. The van der Waals surface area contributed by atoms with E-state index in [4.69, 9.17) is 15.7 Å². The SMILES string of the molecule is CCC(COC)NCc1cccnc1C(N)=NO. The number of methoxy groups -OCH3 is 1. The molecule has 0 bridgehead atoms. The molecule has 0 spiro atoms. The van der Waals surface area contributed by atoms with Gasteiger partial charge in [0.25, 0.3) is 0 Å². The first kappa shape index (κ1) is 14.4. The van der Waals surface area contributed by atoms with Gasteiger partial charge in [0.05, 0.1) is 6.61 Å². The summed E-state index contributed by atoms with van der Waals surface area (Å²) in [5.74, 6) is 0.0205. The first-order valence-electron chi connectivity index (χ1n) is 5.87. The van der Waals surface area contributed by atoms with Crippen LogP contribution in [-0.4, -0.2) is 35.8 Å². The smallest absolute Gasteiger partial charge is 0.189 e. The Balaban J connectivity index is 2.72. The summed E-state index contributed by atoms with van der Waals surface area (Å²) in [5, 5.41) is 15.0. The topological polar surface area (TPSA) is 92.8 Å². The summed E-state index contributed by atoms with van der Waals surface area (Å²) in [6.07, 6.45) is 2.58. The number of amidine groups is 1. The molecule has 0 aliphatic carbocycles. The minimum atomic E-state index is 0.0205. The fourth-order valence-electron chi connectivity index (χ4n) is 1.64. The molecule has 1 unspecified atom stereocenters. The van der Waals surface area contributed by atoms with Crippen molar-refractivity contribution < 1.29 is 9.94 Å². The maximum Gasteiger partial charge on any atom is 0.189 e. The first-order chi connectivity index (χ1) is 8.72. The number of oxime groups is 1. The van der Waals surface area contributed by atoms with Crippen LogP contribution in [0.1, 0.15) is 24.6 Å². The van der Waals surface area contributed by atoms with E-state index in [0.29, 0.717) is 18.8 Å². The van der Waals surface area contributed by atoms with Crippen molar-refractivity contribution in [2.24, 2.45) is 10.9 Å². The standard InChI is InChI=1S/C12H20N4O2/c1-3-10(8-18-2)15-7-9-5-4-6-14-11(9)12(13)16-17/h4-6,10,15,17H,3,7-8H2,1-2H3,(H2,13,16). The Morgan fingerprint density at radius 1 is 1.67 bits per heavy atom. The molecule has 0 saturated heterocycles. The molecule has 4 N–H and O–H groups in total. The highest BCUT2D eigenvalue weighted by Crippen LogP contribution is 2.06. The summed E-state index contributed by atoms with van der Waals surface area (Å²) in [5.41, 5.74) is 6.97. The van der Waals surface area contributed by atoms with Crippen molar-refractivity contribution in [2.75, 3.05) is 13.7 Å². The molecular weight excluding hydrogens is 232 g/mol. The van der Waals surface area contributed by atoms with E-state index in [1.807, 2.05) is 12.1 Å². The van der Waals surface area contributed by atoms with Crippen LogP contribution in [-0.2, 0) is 11.3 Å². The highest BCUT2D eigenvalue weighted by atomic mass is 16.5. The van der Waals surface area contributed by atoms with E-state index in [-0.39, 0.29) is 11.9 Å². The van der Waals surface area contributed by atoms with Gasteiger partial charge in [0.2, 0.25) is 0 Å². The molecule has 6 heteroatoms. The van der Waals surface area contributed by atoms with Gasteiger partial charge in [-0.2, -0.15) is 0 Å². The Morgan fingerprint density at radius 2 is 2.44 bits per heavy atom. The molecule has 6 nitrogen and oxygen atoms in total. The molecule has 0 fully saturated rings. The number of nitrogens with zero attached hydrogens (tertiary/aromatic N) is 2. The van der Waals surface area contributed by atoms with E-state index in [1.54, 1.807) is 13.3 Å². The predicted octanol–water partition coefficient (Wildman–Crippen LogP) is 0.691. The van der Waals surface area contributed by atoms with Crippen LogP contribution in [0.15, 0.2) is 23.5 Å². The number of ether oxygens (including phenoxy) is 1. The van der Waals surface area contributed by atoms with Crippen molar-refractivity contribution in [3.8, 4) is 0 Å². The lowest BCUT2D eigenvalue weighted by Gasteiger charge is -2.16. The molecule has 0 radical (unpaired) electrons. The summed E-state index contributed by atoms with van der Waals surface area (Å²) in [6.45, 7) is 3.33. The average molecular weight is 252 g/mol. The van der Waals surface area contributed by atoms with E-state index in [9.17, 15) is 0 Å². The molecule has 18 heavy (non-hydrogen) atoms. The number of hydrogen-bond donors (Lipinski definition) is 3. The summed E-state index contributed by atoms with van der Waals surface area (Å²) >= 11 is 0. The van der Waals surface area contributed by atoms with Gasteiger partial charge in [-0.3, -0.25) is 4.98 Å². The second-order valence-corrected chi connectivity index (χ2v) is 3.94. The molecule has 100 valence electrons. The molecule has 1 aromatic heterocycles. The van der Waals surface area contributed by atoms with Crippen molar-refractivity contribution in [1.29, 1.82) is 0 Å². The van der Waals surface area contributed by atoms with Gasteiger partial charge in [-0.1, -0.05) is 18.1 Å². The lowest BCUT2D eigenvalue weighted by atomic mass is 10.1. The second-order valence-electron chi connectivity index (χ2n) is 3.94. The fourth-order valence-corrected chi connectivity index (χ4v) is 1.64. The highest BCUT2D eigenvalue weighted by Gasteiger charge is 2.10. The lowest BCUT2D eigenvalue weighted by Crippen LogP contribution is -2.33. The van der Waals surface area contributed by atoms with Crippen LogP contribution in [0.2, 0.25) is 0 Å². The van der Waals surface area contributed by atoms with E-state index >= 15 is 0 Å². The summed E-state index contributed by atoms with van der Waals surface area (Å²) in [7, 11) is 1.68. The monoisotopic (exact) mass is 252 g/mol. The maximum absolute atomic E-state index is 8.70. The Labute approximate surface area is 107 Å². The third-order valence-electron chi connectivity index (χ3n) is 2.68. The van der Waals surface area contributed by atoms with E-state index in [1.165, 1.54) is 0 Å². The highest BCUT2D eigenvalue weighted by molar-refractivity contribution is 5.96. The van der Waals surface area contributed by atoms with E-state index in [2.05, 4.69) is 22.4 Å². The average Bonchev–Trinajstić information content (AvgIpc) is 2.43. The van der Waals surface area contributed by atoms with Gasteiger partial charge in [-0.25, -0.2) is 0 Å². The summed E-state index contributed by atoms with van der Waals surface area (Å²) < 4.78 is 5.12. The fraction of sp³-hybridized carbons (Fsp3) is 0.500. The van der Waals surface area contributed by atoms with Crippen LogP contribution in [0.3, 0.4) is 0 Å². The van der Waals surface area contributed by atoms with Crippen molar-refractivity contribution in [1.82, 2.24) is 10.3 Å². The normalized spacial score (nSPS) is 13.6. The van der Waals surface area contributed by atoms with Crippen molar-refractivity contribution in [3.63, 3.8) is 0 Å².